The minimum atomic E-state index is -0.637. The number of morpholine rings is 1. The van der Waals surface area contributed by atoms with E-state index in [1.807, 2.05) is 48.1 Å². The highest BCUT2D eigenvalue weighted by Gasteiger charge is 2.19. The maximum atomic E-state index is 10.7. The Hall–Kier alpha value is -2.78. The molecule has 3 aromatic heterocycles. The number of fused-ring (bicyclic) bond motifs is 1. The van der Waals surface area contributed by atoms with Crippen molar-refractivity contribution in [2.75, 3.05) is 38.2 Å². The van der Waals surface area contributed by atoms with Gasteiger partial charge in [0.05, 0.1) is 25.1 Å². The van der Waals surface area contributed by atoms with Crippen LogP contribution in [0.2, 0.25) is 0 Å². The maximum absolute atomic E-state index is 10.7. The third-order valence-corrected chi connectivity index (χ3v) is 6.69. The van der Waals surface area contributed by atoms with Gasteiger partial charge in [0.25, 0.3) is 0 Å². The van der Waals surface area contributed by atoms with Gasteiger partial charge in [0.15, 0.2) is 0 Å². The van der Waals surface area contributed by atoms with Gasteiger partial charge >= 0.3 is 0 Å². The third kappa shape index (κ3) is 4.40. The van der Waals surface area contributed by atoms with Crippen LogP contribution in [0.25, 0.3) is 21.3 Å². The summed E-state index contributed by atoms with van der Waals surface area (Å²) in [5.74, 6) is 1.56. The monoisotopic (exact) mass is 449 g/mol. The minimum Gasteiger partial charge on any atom is -0.385 e. The topological polar surface area (TPSA) is 75.4 Å². The summed E-state index contributed by atoms with van der Waals surface area (Å²) in [6.45, 7) is 4.31. The van der Waals surface area contributed by atoms with E-state index >= 15 is 0 Å². The molecule has 1 aromatic carbocycles. The van der Waals surface area contributed by atoms with Crippen LogP contribution in [-0.4, -0.2) is 57.4 Å². The number of thiophene rings is 1. The zero-order valence-electron chi connectivity index (χ0n) is 18.1. The van der Waals surface area contributed by atoms with Crippen LogP contribution >= 0.6 is 11.3 Å². The van der Waals surface area contributed by atoms with Gasteiger partial charge in [0.1, 0.15) is 22.6 Å². The lowest BCUT2D eigenvalue weighted by Gasteiger charge is -2.26. The summed E-state index contributed by atoms with van der Waals surface area (Å²) in [4.78, 5) is 13.1. The Bertz CT molecular complexity index is 1180. The molecule has 4 heterocycles. The van der Waals surface area contributed by atoms with Crippen LogP contribution in [0.3, 0.4) is 0 Å². The first-order valence-electron chi connectivity index (χ1n) is 10.9. The van der Waals surface area contributed by atoms with E-state index in [1.54, 1.807) is 11.3 Å². The molecule has 1 atom stereocenters. The summed E-state index contributed by atoms with van der Waals surface area (Å²) >= 11 is 1.63. The Labute approximate surface area is 191 Å². The van der Waals surface area contributed by atoms with E-state index in [1.165, 1.54) is 0 Å². The average Bonchev–Trinajstić information content (AvgIpc) is 3.45. The number of anilines is 1. The van der Waals surface area contributed by atoms with E-state index in [-0.39, 0.29) is 0 Å². The molecule has 1 aliphatic heterocycles. The number of nitrogens with zero attached hydrogens (tertiary/aromatic N) is 4. The Morgan fingerprint density at radius 3 is 2.69 bits per heavy atom. The number of aliphatic hydroxyl groups is 1. The Kier molecular flexibility index (Phi) is 6.18. The fourth-order valence-electron chi connectivity index (χ4n) is 4.09. The molecule has 0 bridgehead atoms. The van der Waals surface area contributed by atoms with Gasteiger partial charge in [-0.1, -0.05) is 30.3 Å². The van der Waals surface area contributed by atoms with Gasteiger partial charge in [0, 0.05) is 49.5 Å². The molecule has 7 nitrogen and oxygen atoms in total. The number of aliphatic hydroxyl groups excluding tert-OH is 1. The van der Waals surface area contributed by atoms with E-state index in [9.17, 15) is 5.11 Å². The van der Waals surface area contributed by atoms with Crippen LogP contribution < -0.4 is 5.32 Å². The van der Waals surface area contributed by atoms with Crippen LogP contribution in [0, 0.1) is 0 Å². The van der Waals surface area contributed by atoms with Gasteiger partial charge in [-0.15, -0.1) is 11.3 Å². The molecule has 32 heavy (non-hydrogen) atoms. The maximum Gasteiger partial charge on any atom is 0.146 e. The molecular weight excluding hydrogens is 422 g/mol. The molecule has 1 aliphatic rings. The molecule has 0 amide bonds. The zero-order chi connectivity index (χ0) is 21.9. The largest absolute Gasteiger partial charge is 0.385 e. The Balaban J connectivity index is 1.49. The Morgan fingerprint density at radius 1 is 1.12 bits per heavy atom. The van der Waals surface area contributed by atoms with Crippen molar-refractivity contribution in [3.63, 3.8) is 0 Å². The summed E-state index contributed by atoms with van der Waals surface area (Å²) in [5, 5.41) is 17.3. The molecule has 0 unspecified atom stereocenters. The van der Waals surface area contributed by atoms with E-state index < -0.39 is 6.10 Å². The number of benzene rings is 1. The highest BCUT2D eigenvalue weighted by Crippen LogP contribution is 2.37. The lowest BCUT2D eigenvalue weighted by atomic mass is 10.1. The normalized spacial score (nSPS) is 15.8. The second-order valence-corrected chi connectivity index (χ2v) is 8.87. The number of aromatic nitrogens is 3. The number of hydrogen-bond donors (Lipinski definition) is 2. The quantitative estimate of drug-likeness (QED) is 0.448. The summed E-state index contributed by atoms with van der Waals surface area (Å²) in [7, 11) is 1.94. The van der Waals surface area contributed by atoms with Crippen LogP contribution in [0.5, 0.6) is 0 Å². The first-order chi connectivity index (χ1) is 15.7. The van der Waals surface area contributed by atoms with Crippen molar-refractivity contribution in [3.05, 3.63) is 65.6 Å². The second kappa shape index (κ2) is 9.38. The van der Waals surface area contributed by atoms with Crippen molar-refractivity contribution < 1.29 is 9.84 Å². The smallest absolute Gasteiger partial charge is 0.146 e. The van der Waals surface area contributed by atoms with Crippen molar-refractivity contribution in [3.8, 4) is 11.1 Å². The first kappa shape index (κ1) is 21.1. The zero-order valence-corrected chi connectivity index (χ0v) is 18.9. The highest BCUT2D eigenvalue weighted by molar-refractivity contribution is 7.17. The molecule has 5 rings (SSSR count). The van der Waals surface area contributed by atoms with E-state index in [4.69, 9.17) is 14.7 Å². The summed E-state index contributed by atoms with van der Waals surface area (Å²) in [6, 6.07) is 14.2. The molecule has 0 saturated carbocycles. The molecule has 0 aliphatic carbocycles. The molecule has 1 fully saturated rings. The molecule has 8 heteroatoms. The van der Waals surface area contributed by atoms with Gasteiger partial charge < -0.3 is 19.7 Å². The molecule has 0 radical (unpaired) electrons. The van der Waals surface area contributed by atoms with Crippen molar-refractivity contribution in [2.24, 2.45) is 7.05 Å². The molecule has 4 aromatic rings. The van der Waals surface area contributed by atoms with E-state index in [0.717, 1.165) is 65.0 Å². The number of aryl methyl sites for hydroxylation is 1. The fraction of sp³-hybridized carbons (Fsp3) is 0.333. The molecule has 1 saturated heterocycles. The average molecular weight is 450 g/mol. The molecule has 0 spiro atoms. The summed E-state index contributed by atoms with van der Waals surface area (Å²) < 4.78 is 7.41. The summed E-state index contributed by atoms with van der Waals surface area (Å²) in [6.07, 6.45) is 1.30. The predicted molar refractivity (Wildman–Crippen MR) is 128 cm³/mol. The van der Waals surface area contributed by atoms with Crippen LogP contribution in [-0.2, 0) is 18.3 Å². The summed E-state index contributed by atoms with van der Waals surface area (Å²) in [5.41, 5.74) is 3.11. The SMILES string of the molecule is Cn1cccc1[C@H](O)CNc1nc(CN2CCOCC2)nc2scc(-c3ccccc3)c12. The molecule has 2 N–H and O–H groups in total. The lowest BCUT2D eigenvalue weighted by Crippen LogP contribution is -2.36. The molecular formula is C24H27N5O2S. The van der Waals surface area contributed by atoms with E-state index in [0.29, 0.717) is 13.1 Å². The highest BCUT2D eigenvalue weighted by atomic mass is 32.1. The van der Waals surface area contributed by atoms with Crippen molar-refractivity contribution >= 4 is 27.4 Å². The van der Waals surface area contributed by atoms with Crippen molar-refractivity contribution in [1.82, 2.24) is 19.4 Å². The van der Waals surface area contributed by atoms with Gasteiger partial charge in [-0.2, -0.15) is 0 Å². The second-order valence-electron chi connectivity index (χ2n) is 8.01. The van der Waals surface area contributed by atoms with Crippen molar-refractivity contribution in [1.29, 1.82) is 0 Å². The number of ether oxygens (including phenoxy) is 1. The number of nitrogens with one attached hydrogen (secondary N) is 1. The van der Waals surface area contributed by atoms with Crippen LogP contribution in [0.4, 0.5) is 5.82 Å². The first-order valence-corrected chi connectivity index (χ1v) is 11.7. The predicted octanol–water partition coefficient (Wildman–Crippen LogP) is 3.67. The standard InChI is InChI=1S/C24H27N5O2S/c1-28-9-5-8-19(28)20(30)14-25-23-22-18(17-6-3-2-4-7-17)16-32-24(22)27-21(26-23)15-29-10-12-31-13-11-29/h2-9,16,20,30H,10-15H2,1H3,(H,25,26,27)/t20-/m1/s1. The van der Waals surface area contributed by atoms with Gasteiger partial charge in [-0.3, -0.25) is 4.90 Å². The lowest BCUT2D eigenvalue weighted by molar-refractivity contribution is 0.0331. The Morgan fingerprint density at radius 2 is 1.94 bits per heavy atom. The number of rotatable bonds is 7. The number of hydrogen-bond acceptors (Lipinski definition) is 7. The van der Waals surface area contributed by atoms with Gasteiger partial charge in [-0.05, 0) is 17.7 Å². The minimum absolute atomic E-state index is 0.366. The fourth-order valence-corrected chi connectivity index (χ4v) is 5.06. The van der Waals surface area contributed by atoms with Crippen LogP contribution in [0.1, 0.15) is 17.6 Å². The van der Waals surface area contributed by atoms with Gasteiger partial charge in [-0.25, -0.2) is 9.97 Å². The van der Waals surface area contributed by atoms with E-state index in [2.05, 4.69) is 27.7 Å². The van der Waals surface area contributed by atoms with Gasteiger partial charge in [0.2, 0.25) is 0 Å². The molecule has 166 valence electrons. The third-order valence-electron chi connectivity index (χ3n) is 5.82. The van der Waals surface area contributed by atoms with Crippen molar-refractivity contribution in [2.45, 2.75) is 12.6 Å². The van der Waals surface area contributed by atoms with Crippen LogP contribution in [0.15, 0.2) is 54.0 Å².